The van der Waals surface area contributed by atoms with Gasteiger partial charge >= 0.3 is 0 Å². The molecule has 3 aliphatic rings. The monoisotopic (exact) mass is 268 g/mol. The summed E-state index contributed by atoms with van der Waals surface area (Å²) >= 11 is 2.18. The van der Waals surface area contributed by atoms with Crippen molar-refractivity contribution in [1.82, 2.24) is 10.2 Å². The van der Waals surface area contributed by atoms with Crippen molar-refractivity contribution in [3.63, 3.8) is 0 Å². The van der Waals surface area contributed by atoms with Crippen molar-refractivity contribution in [2.45, 2.75) is 62.9 Å². The van der Waals surface area contributed by atoms with Crippen LogP contribution in [0.3, 0.4) is 0 Å². The normalized spacial score (nSPS) is 34.3. The van der Waals surface area contributed by atoms with Gasteiger partial charge in [-0.15, -0.1) is 0 Å². The lowest BCUT2D eigenvalue weighted by molar-refractivity contribution is 0.130. The fourth-order valence-electron chi connectivity index (χ4n) is 4.05. The van der Waals surface area contributed by atoms with E-state index in [0.717, 1.165) is 6.04 Å². The molecule has 1 saturated carbocycles. The molecule has 3 fully saturated rings. The van der Waals surface area contributed by atoms with Gasteiger partial charge in [0.25, 0.3) is 0 Å². The number of hydrogen-bond acceptors (Lipinski definition) is 3. The molecule has 0 aromatic rings. The summed E-state index contributed by atoms with van der Waals surface area (Å²) in [6.07, 6.45) is 11.4. The maximum Gasteiger partial charge on any atom is 0.0308 e. The van der Waals surface area contributed by atoms with E-state index in [2.05, 4.69) is 22.0 Å². The molecular weight excluding hydrogens is 240 g/mol. The first kappa shape index (κ1) is 13.3. The van der Waals surface area contributed by atoms with Crippen LogP contribution in [0.15, 0.2) is 0 Å². The third-order valence-corrected chi connectivity index (χ3v) is 6.29. The van der Waals surface area contributed by atoms with Gasteiger partial charge < -0.3 is 5.32 Å². The second-order valence-corrected chi connectivity index (χ2v) is 7.61. The SMILES string of the molecule is C1CCC2(CC1)CN(C1CCCSC1)CCCN2. The molecule has 1 atom stereocenters. The number of nitrogens with one attached hydrogen (secondary N) is 1. The summed E-state index contributed by atoms with van der Waals surface area (Å²) < 4.78 is 0. The van der Waals surface area contributed by atoms with Gasteiger partial charge in [-0.3, -0.25) is 4.90 Å². The van der Waals surface area contributed by atoms with E-state index in [4.69, 9.17) is 0 Å². The van der Waals surface area contributed by atoms with E-state index in [-0.39, 0.29) is 0 Å². The zero-order chi connectivity index (χ0) is 12.3. The van der Waals surface area contributed by atoms with Crippen LogP contribution in [-0.4, -0.2) is 47.6 Å². The molecule has 0 bridgehead atoms. The van der Waals surface area contributed by atoms with E-state index in [1.165, 1.54) is 82.5 Å². The average molecular weight is 268 g/mol. The number of rotatable bonds is 1. The fraction of sp³-hybridized carbons (Fsp3) is 1.00. The first-order chi connectivity index (χ1) is 8.88. The van der Waals surface area contributed by atoms with Crippen molar-refractivity contribution < 1.29 is 0 Å². The molecule has 2 nitrogen and oxygen atoms in total. The summed E-state index contributed by atoms with van der Waals surface area (Å²) in [6.45, 7) is 3.91. The molecule has 2 heterocycles. The number of hydrogen-bond donors (Lipinski definition) is 1. The topological polar surface area (TPSA) is 15.3 Å². The van der Waals surface area contributed by atoms with Crippen molar-refractivity contribution in [3.05, 3.63) is 0 Å². The van der Waals surface area contributed by atoms with Gasteiger partial charge in [-0.1, -0.05) is 19.3 Å². The molecule has 1 spiro atoms. The summed E-state index contributed by atoms with van der Waals surface area (Å²) in [7, 11) is 0. The first-order valence-corrected chi connectivity index (χ1v) is 9.10. The Labute approximate surface area is 116 Å². The highest BCUT2D eigenvalue weighted by atomic mass is 32.2. The highest BCUT2D eigenvalue weighted by molar-refractivity contribution is 7.99. The van der Waals surface area contributed by atoms with Gasteiger partial charge in [0, 0.05) is 23.9 Å². The van der Waals surface area contributed by atoms with Gasteiger partial charge in [0.2, 0.25) is 0 Å². The Balaban J connectivity index is 1.66. The van der Waals surface area contributed by atoms with Crippen LogP contribution in [-0.2, 0) is 0 Å². The fourth-order valence-corrected chi connectivity index (χ4v) is 5.23. The Hall–Kier alpha value is 0.270. The molecule has 1 unspecified atom stereocenters. The zero-order valence-electron chi connectivity index (χ0n) is 11.6. The van der Waals surface area contributed by atoms with Crippen molar-refractivity contribution in [1.29, 1.82) is 0 Å². The first-order valence-electron chi connectivity index (χ1n) is 7.95. The molecule has 3 heteroatoms. The number of nitrogens with zero attached hydrogens (tertiary/aromatic N) is 1. The smallest absolute Gasteiger partial charge is 0.0308 e. The van der Waals surface area contributed by atoms with Crippen LogP contribution in [0.2, 0.25) is 0 Å². The third-order valence-electron chi connectivity index (χ3n) is 5.09. The van der Waals surface area contributed by atoms with E-state index in [1.54, 1.807) is 0 Å². The molecule has 3 rings (SSSR count). The molecule has 104 valence electrons. The Bertz CT molecular complexity index is 257. The van der Waals surface area contributed by atoms with E-state index in [1.807, 2.05) is 0 Å². The Morgan fingerprint density at radius 3 is 2.72 bits per heavy atom. The maximum absolute atomic E-state index is 3.92. The molecule has 0 aromatic carbocycles. The van der Waals surface area contributed by atoms with E-state index in [9.17, 15) is 0 Å². The lowest BCUT2D eigenvalue weighted by Gasteiger charge is -2.43. The molecular formula is C15H28N2S. The van der Waals surface area contributed by atoms with Crippen molar-refractivity contribution in [2.75, 3.05) is 31.1 Å². The minimum absolute atomic E-state index is 0.483. The van der Waals surface area contributed by atoms with Crippen LogP contribution in [0, 0.1) is 0 Å². The van der Waals surface area contributed by atoms with Crippen LogP contribution >= 0.6 is 11.8 Å². The lowest BCUT2D eigenvalue weighted by atomic mass is 9.81. The molecule has 2 saturated heterocycles. The van der Waals surface area contributed by atoms with Gasteiger partial charge in [-0.05, 0) is 50.9 Å². The van der Waals surface area contributed by atoms with Crippen LogP contribution in [0.5, 0.6) is 0 Å². The Morgan fingerprint density at radius 1 is 1.06 bits per heavy atom. The van der Waals surface area contributed by atoms with Crippen molar-refractivity contribution in [3.8, 4) is 0 Å². The summed E-state index contributed by atoms with van der Waals surface area (Å²) in [5.41, 5.74) is 0.483. The van der Waals surface area contributed by atoms with E-state index >= 15 is 0 Å². The van der Waals surface area contributed by atoms with Crippen molar-refractivity contribution >= 4 is 11.8 Å². The largest absolute Gasteiger partial charge is 0.310 e. The molecule has 2 aliphatic heterocycles. The van der Waals surface area contributed by atoms with Gasteiger partial charge in [-0.25, -0.2) is 0 Å². The van der Waals surface area contributed by atoms with Gasteiger partial charge in [0.05, 0.1) is 0 Å². The zero-order valence-corrected chi connectivity index (χ0v) is 12.4. The predicted molar refractivity (Wildman–Crippen MR) is 80.4 cm³/mol. The van der Waals surface area contributed by atoms with Crippen LogP contribution in [0.25, 0.3) is 0 Å². The second kappa shape index (κ2) is 6.15. The Morgan fingerprint density at radius 2 is 1.94 bits per heavy atom. The molecule has 0 radical (unpaired) electrons. The lowest BCUT2D eigenvalue weighted by Crippen LogP contribution is -2.55. The quantitative estimate of drug-likeness (QED) is 0.787. The third kappa shape index (κ3) is 3.05. The van der Waals surface area contributed by atoms with Gasteiger partial charge in [0.1, 0.15) is 0 Å². The van der Waals surface area contributed by atoms with Gasteiger partial charge in [0.15, 0.2) is 0 Å². The van der Waals surface area contributed by atoms with Crippen molar-refractivity contribution in [2.24, 2.45) is 0 Å². The molecule has 18 heavy (non-hydrogen) atoms. The summed E-state index contributed by atoms with van der Waals surface area (Å²) in [5, 5.41) is 3.92. The standard InChI is InChI=1S/C15H28N2S/c1-2-7-15(8-3-1)13-17(10-5-9-16-15)14-6-4-11-18-12-14/h14,16H,1-13H2. The predicted octanol–water partition coefficient (Wildman–Crippen LogP) is 2.88. The highest BCUT2D eigenvalue weighted by Crippen LogP contribution is 2.32. The highest BCUT2D eigenvalue weighted by Gasteiger charge is 2.36. The summed E-state index contributed by atoms with van der Waals surface area (Å²) in [4.78, 5) is 2.84. The molecule has 0 aromatic heterocycles. The summed E-state index contributed by atoms with van der Waals surface area (Å²) in [6, 6.07) is 0.877. The van der Waals surface area contributed by atoms with Crippen LogP contribution < -0.4 is 5.32 Å². The van der Waals surface area contributed by atoms with Crippen LogP contribution in [0.1, 0.15) is 51.4 Å². The minimum Gasteiger partial charge on any atom is -0.310 e. The second-order valence-electron chi connectivity index (χ2n) is 6.46. The minimum atomic E-state index is 0.483. The number of thioether (sulfide) groups is 1. The molecule has 1 aliphatic carbocycles. The summed E-state index contributed by atoms with van der Waals surface area (Å²) in [5.74, 6) is 2.78. The van der Waals surface area contributed by atoms with Crippen LogP contribution in [0.4, 0.5) is 0 Å². The molecule has 1 N–H and O–H groups in total. The van der Waals surface area contributed by atoms with E-state index in [0.29, 0.717) is 5.54 Å². The average Bonchev–Trinajstić information content (AvgIpc) is 2.64. The van der Waals surface area contributed by atoms with Gasteiger partial charge in [-0.2, -0.15) is 11.8 Å². The maximum atomic E-state index is 3.92. The Kier molecular flexibility index (Phi) is 4.53. The van der Waals surface area contributed by atoms with E-state index < -0.39 is 0 Å². The molecule has 0 amide bonds.